The van der Waals surface area contributed by atoms with Gasteiger partial charge in [0.25, 0.3) is 0 Å². The maximum Gasteiger partial charge on any atom is 0.331 e. The van der Waals surface area contributed by atoms with Crippen LogP contribution in [-0.4, -0.2) is 52.9 Å². The van der Waals surface area contributed by atoms with Crippen molar-refractivity contribution in [2.45, 2.75) is 38.5 Å². The van der Waals surface area contributed by atoms with Gasteiger partial charge in [0.1, 0.15) is 0 Å². The average molecular weight is 262 g/mol. The molecule has 0 spiro atoms. The Labute approximate surface area is 104 Å². The second kappa shape index (κ2) is 7.62. The van der Waals surface area contributed by atoms with Gasteiger partial charge in [0, 0.05) is 0 Å². The molecule has 0 fully saturated rings. The summed E-state index contributed by atoms with van der Waals surface area (Å²) in [5.41, 5.74) is 5.31. The quantitative estimate of drug-likeness (QED) is 0.397. The number of amides is 1. The van der Waals surface area contributed by atoms with Gasteiger partial charge in [-0.3, -0.25) is 9.59 Å². The summed E-state index contributed by atoms with van der Waals surface area (Å²) in [4.78, 5) is 33.3. The fourth-order valence-electron chi connectivity index (χ4n) is 1.15. The number of nitrogens with two attached hydrogens (primary N) is 1. The van der Waals surface area contributed by atoms with Crippen molar-refractivity contribution in [3.8, 4) is 0 Å². The first-order valence-electron chi connectivity index (χ1n) is 5.42. The van der Waals surface area contributed by atoms with Crippen LogP contribution in [0.15, 0.2) is 0 Å². The van der Waals surface area contributed by atoms with E-state index in [1.165, 1.54) is 6.92 Å². The summed E-state index contributed by atoms with van der Waals surface area (Å²) in [6, 6.07) is -2.56. The lowest BCUT2D eigenvalue weighted by Gasteiger charge is -2.21. The molecule has 104 valence electrons. The molecular formula is C10H18N2O6. The van der Waals surface area contributed by atoms with Gasteiger partial charge in [0.05, 0.1) is 25.2 Å². The molecule has 0 aromatic carbocycles. The van der Waals surface area contributed by atoms with Crippen LogP contribution in [0.2, 0.25) is 0 Å². The Bertz CT molecular complexity index is 317. The molecule has 0 aliphatic carbocycles. The van der Waals surface area contributed by atoms with Crippen molar-refractivity contribution in [1.82, 2.24) is 5.32 Å². The third-order valence-corrected chi connectivity index (χ3v) is 2.05. The third kappa shape index (κ3) is 5.60. The Balaban J connectivity index is 4.54. The summed E-state index contributed by atoms with van der Waals surface area (Å²) in [5, 5.41) is 20.0. The number of aliphatic carboxylic acids is 1. The standard InChI is InChI=1S/C10H18N2O6/c1-3-18-10(17)8(5(2)13)12-9(16)6(11)4-7(14)15/h5-6,8,13H,3-4,11H2,1-2H3,(H,12,16)(H,14,15)/t5-,6-,8+/m0/s1. The van der Waals surface area contributed by atoms with Gasteiger partial charge in [-0.15, -0.1) is 0 Å². The lowest BCUT2D eigenvalue weighted by atomic mass is 10.1. The molecule has 0 unspecified atom stereocenters. The van der Waals surface area contributed by atoms with E-state index in [1.54, 1.807) is 6.92 Å². The summed E-state index contributed by atoms with van der Waals surface area (Å²) in [7, 11) is 0. The lowest BCUT2D eigenvalue weighted by molar-refractivity contribution is -0.150. The molecular weight excluding hydrogens is 244 g/mol. The van der Waals surface area contributed by atoms with E-state index in [2.05, 4.69) is 10.1 Å². The molecule has 5 N–H and O–H groups in total. The van der Waals surface area contributed by atoms with Crippen LogP contribution in [0.3, 0.4) is 0 Å². The minimum absolute atomic E-state index is 0.0963. The van der Waals surface area contributed by atoms with Crippen molar-refractivity contribution < 1.29 is 29.3 Å². The zero-order chi connectivity index (χ0) is 14.3. The highest BCUT2D eigenvalue weighted by molar-refractivity contribution is 5.90. The van der Waals surface area contributed by atoms with Crippen LogP contribution in [0.5, 0.6) is 0 Å². The van der Waals surface area contributed by atoms with Crippen LogP contribution in [0, 0.1) is 0 Å². The molecule has 0 rings (SSSR count). The largest absolute Gasteiger partial charge is 0.481 e. The highest BCUT2D eigenvalue weighted by Crippen LogP contribution is 1.99. The first-order chi connectivity index (χ1) is 8.29. The second-order valence-electron chi connectivity index (χ2n) is 3.68. The van der Waals surface area contributed by atoms with Crippen molar-refractivity contribution >= 4 is 17.8 Å². The van der Waals surface area contributed by atoms with Crippen LogP contribution in [0.4, 0.5) is 0 Å². The van der Waals surface area contributed by atoms with Crippen molar-refractivity contribution in [2.75, 3.05) is 6.61 Å². The normalized spacial score (nSPS) is 15.3. The number of carbonyl (C=O) groups is 3. The molecule has 0 aromatic rings. The molecule has 0 saturated heterocycles. The van der Waals surface area contributed by atoms with Crippen molar-refractivity contribution in [1.29, 1.82) is 0 Å². The van der Waals surface area contributed by atoms with E-state index in [0.717, 1.165) is 0 Å². The summed E-state index contributed by atoms with van der Waals surface area (Å²) >= 11 is 0. The van der Waals surface area contributed by atoms with E-state index >= 15 is 0 Å². The van der Waals surface area contributed by atoms with E-state index in [1.807, 2.05) is 0 Å². The molecule has 0 bridgehead atoms. The molecule has 1 amide bonds. The van der Waals surface area contributed by atoms with Crippen LogP contribution in [0.1, 0.15) is 20.3 Å². The highest BCUT2D eigenvalue weighted by atomic mass is 16.5. The Kier molecular flexibility index (Phi) is 6.91. The monoisotopic (exact) mass is 262 g/mol. The van der Waals surface area contributed by atoms with Crippen molar-refractivity contribution in [3.05, 3.63) is 0 Å². The predicted octanol–water partition coefficient (Wildman–Crippen LogP) is -1.78. The number of nitrogens with one attached hydrogen (secondary N) is 1. The molecule has 8 heteroatoms. The Hall–Kier alpha value is -1.67. The Morgan fingerprint density at radius 1 is 1.39 bits per heavy atom. The van der Waals surface area contributed by atoms with E-state index in [0.29, 0.717) is 0 Å². The predicted molar refractivity (Wildman–Crippen MR) is 60.5 cm³/mol. The molecule has 0 radical (unpaired) electrons. The van der Waals surface area contributed by atoms with Crippen molar-refractivity contribution in [3.63, 3.8) is 0 Å². The molecule has 0 heterocycles. The molecule has 0 aliphatic heterocycles. The number of carbonyl (C=O) groups excluding carboxylic acids is 2. The van der Waals surface area contributed by atoms with Crippen LogP contribution in [0.25, 0.3) is 0 Å². The summed E-state index contributed by atoms with van der Waals surface area (Å²) in [5.74, 6) is -2.87. The fourth-order valence-corrected chi connectivity index (χ4v) is 1.15. The summed E-state index contributed by atoms with van der Waals surface area (Å²) in [6.07, 6.45) is -1.74. The number of carboxylic acid groups (broad SMARTS) is 1. The van der Waals surface area contributed by atoms with E-state index in [4.69, 9.17) is 10.8 Å². The van der Waals surface area contributed by atoms with Gasteiger partial charge < -0.3 is 26.0 Å². The second-order valence-corrected chi connectivity index (χ2v) is 3.68. The Morgan fingerprint density at radius 2 is 1.94 bits per heavy atom. The molecule has 18 heavy (non-hydrogen) atoms. The lowest BCUT2D eigenvalue weighted by Crippen LogP contribution is -2.53. The van der Waals surface area contributed by atoms with Crippen LogP contribution >= 0.6 is 0 Å². The Morgan fingerprint density at radius 3 is 2.33 bits per heavy atom. The summed E-state index contributed by atoms with van der Waals surface area (Å²) in [6.45, 7) is 2.97. The van der Waals surface area contributed by atoms with E-state index in [-0.39, 0.29) is 6.61 Å². The first-order valence-corrected chi connectivity index (χ1v) is 5.42. The number of carboxylic acids is 1. The van der Waals surface area contributed by atoms with Crippen molar-refractivity contribution in [2.24, 2.45) is 5.73 Å². The third-order valence-electron chi connectivity index (χ3n) is 2.05. The average Bonchev–Trinajstić information content (AvgIpc) is 2.24. The van der Waals surface area contributed by atoms with Gasteiger partial charge in [-0.1, -0.05) is 0 Å². The topological polar surface area (TPSA) is 139 Å². The van der Waals surface area contributed by atoms with Crippen LogP contribution < -0.4 is 11.1 Å². The van der Waals surface area contributed by atoms with Gasteiger partial charge in [-0.2, -0.15) is 0 Å². The highest BCUT2D eigenvalue weighted by Gasteiger charge is 2.29. The number of aliphatic hydroxyl groups excluding tert-OH is 1. The summed E-state index contributed by atoms with van der Waals surface area (Å²) < 4.78 is 4.66. The van der Waals surface area contributed by atoms with E-state index < -0.39 is 42.5 Å². The number of rotatable bonds is 7. The fraction of sp³-hybridized carbons (Fsp3) is 0.700. The van der Waals surface area contributed by atoms with Gasteiger partial charge >= 0.3 is 11.9 Å². The zero-order valence-electron chi connectivity index (χ0n) is 10.3. The van der Waals surface area contributed by atoms with E-state index in [9.17, 15) is 19.5 Å². The van der Waals surface area contributed by atoms with Gasteiger partial charge in [-0.05, 0) is 13.8 Å². The number of aliphatic hydroxyl groups is 1. The number of hydrogen-bond donors (Lipinski definition) is 4. The molecule has 0 aliphatic rings. The number of esters is 1. The first kappa shape index (κ1) is 16.3. The van der Waals surface area contributed by atoms with Crippen LogP contribution in [-0.2, 0) is 19.1 Å². The number of hydrogen-bond acceptors (Lipinski definition) is 6. The van der Waals surface area contributed by atoms with Gasteiger partial charge in [0.15, 0.2) is 6.04 Å². The smallest absolute Gasteiger partial charge is 0.331 e. The number of ether oxygens (including phenoxy) is 1. The molecule has 0 saturated carbocycles. The SMILES string of the molecule is CCOC(=O)[C@H](NC(=O)[C@@H](N)CC(=O)O)[C@H](C)O. The minimum atomic E-state index is -1.29. The van der Waals surface area contributed by atoms with Gasteiger partial charge in [0.2, 0.25) is 5.91 Å². The molecule has 3 atom stereocenters. The zero-order valence-corrected chi connectivity index (χ0v) is 10.3. The molecule has 0 aromatic heterocycles. The minimum Gasteiger partial charge on any atom is -0.481 e. The molecule has 8 nitrogen and oxygen atoms in total. The maximum absolute atomic E-state index is 11.5. The maximum atomic E-state index is 11.5. The van der Waals surface area contributed by atoms with Gasteiger partial charge in [-0.25, -0.2) is 4.79 Å².